The molecule has 2 amide bonds. The fourth-order valence-corrected chi connectivity index (χ4v) is 3.71. The molecule has 0 bridgehead atoms. The quantitative estimate of drug-likeness (QED) is 0.693. The number of nitrogens with zero attached hydrogens (tertiary/aromatic N) is 4. The Hall–Kier alpha value is -3.19. The number of pyridine rings is 1. The molecule has 30 heavy (non-hydrogen) atoms. The van der Waals surface area contributed by atoms with Gasteiger partial charge in [0.05, 0.1) is 10.7 Å². The number of carbonyl (C=O) groups excluding carboxylic acids is 2. The SMILES string of the molecule is Cc1cc(C(=O)N2CCC(C(=O)Nc3ccc(Cl)cn3)CC2)nn1-c1ccccc1. The van der Waals surface area contributed by atoms with Gasteiger partial charge < -0.3 is 10.2 Å². The highest BCUT2D eigenvalue weighted by Gasteiger charge is 2.29. The largest absolute Gasteiger partial charge is 0.337 e. The van der Waals surface area contributed by atoms with Crippen LogP contribution in [0.3, 0.4) is 0 Å². The molecule has 2 aromatic heterocycles. The molecule has 1 aliphatic rings. The zero-order valence-electron chi connectivity index (χ0n) is 16.6. The third-order valence-corrected chi connectivity index (χ3v) is 5.46. The van der Waals surface area contributed by atoms with E-state index < -0.39 is 0 Å². The van der Waals surface area contributed by atoms with E-state index in [1.165, 1.54) is 6.20 Å². The van der Waals surface area contributed by atoms with Crippen molar-refractivity contribution >= 4 is 29.2 Å². The summed E-state index contributed by atoms with van der Waals surface area (Å²) in [5, 5.41) is 7.83. The van der Waals surface area contributed by atoms with Gasteiger partial charge in [0, 0.05) is 30.9 Å². The molecule has 0 atom stereocenters. The van der Waals surface area contributed by atoms with Crippen molar-refractivity contribution in [2.45, 2.75) is 19.8 Å². The predicted molar refractivity (Wildman–Crippen MR) is 115 cm³/mol. The molecule has 8 heteroatoms. The average molecular weight is 424 g/mol. The molecular weight excluding hydrogens is 402 g/mol. The molecule has 3 aromatic rings. The van der Waals surface area contributed by atoms with E-state index in [9.17, 15) is 9.59 Å². The minimum Gasteiger partial charge on any atom is -0.337 e. The number of benzene rings is 1. The van der Waals surface area contributed by atoms with Crippen LogP contribution < -0.4 is 5.32 Å². The maximum absolute atomic E-state index is 12.9. The predicted octanol–water partition coefficient (Wildman–Crippen LogP) is 3.72. The van der Waals surface area contributed by atoms with Crippen molar-refractivity contribution in [2.24, 2.45) is 5.92 Å². The van der Waals surface area contributed by atoms with Crippen molar-refractivity contribution in [1.82, 2.24) is 19.7 Å². The van der Waals surface area contributed by atoms with E-state index >= 15 is 0 Å². The molecule has 3 heterocycles. The second kappa shape index (κ2) is 8.67. The van der Waals surface area contributed by atoms with E-state index in [4.69, 9.17) is 11.6 Å². The zero-order valence-corrected chi connectivity index (χ0v) is 17.3. The summed E-state index contributed by atoms with van der Waals surface area (Å²) in [7, 11) is 0. The summed E-state index contributed by atoms with van der Waals surface area (Å²) < 4.78 is 1.77. The number of halogens is 1. The highest BCUT2D eigenvalue weighted by atomic mass is 35.5. The molecule has 1 saturated heterocycles. The number of aromatic nitrogens is 3. The van der Waals surface area contributed by atoms with Gasteiger partial charge in [0.2, 0.25) is 5.91 Å². The summed E-state index contributed by atoms with van der Waals surface area (Å²) in [5.41, 5.74) is 2.24. The average Bonchev–Trinajstić information content (AvgIpc) is 3.17. The summed E-state index contributed by atoms with van der Waals surface area (Å²) in [5.74, 6) is 0.132. The van der Waals surface area contributed by atoms with Crippen LogP contribution in [0, 0.1) is 12.8 Å². The van der Waals surface area contributed by atoms with Gasteiger partial charge in [-0.15, -0.1) is 0 Å². The number of hydrogen-bond donors (Lipinski definition) is 1. The van der Waals surface area contributed by atoms with E-state index in [0.717, 1.165) is 11.4 Å². The summed E-state index contributed by atoms with van der Waals surface area (Å²) in [4.78, 5) is 31.3. The molecule has 0 spiro atoms. The number of para-hydroxylation sites is 1. The van der Waals surface area contributed by atoms with Crippen molar-refractivity contribution in [3.8, 4) is 5.69 Å². The Bertz CT molecular complexity index is 1040. The minimum absolute atomic E-state index is 0.0823. The number of aryl methyl sites for hydroxylation is 1. The summed E-state index contributed by atoms with van der Waals surface area (Å²) in [6.45, 7) is 2.96. The molecule has 1 N–H and O–H groups in total. The first-order chi connectivity index (χ1) is 14.5. The number of hydrogen-bond acceptors (Lipinski definition) is 4. The molecule has 7 nitrogen and oxygen atoms in total. The van der Waals surface area contributed by atoms with Crippen LogP contribution in [-0.2, 0) is 4.79 Å². The van der Waals surface area contributed by atoms with Crippen LogP contribution in [0.1, 0.15) is 29.0 Å². The van der Waals surface area contributed by atoms with Gasteiger partial charge >= 0.3 is 0 Å². The lowest BCUT2D eigenvalue weighted by molar-refractivity contribution is -0.121. The van der Waals surface area contributed by atoms with Crippen molar-refractivity contribution < 1.29 is 9.59 Å². The molecule has 0 saturated carbocycles. The van der Waals surface area contributed by atoms with E-state index in [1.807, 2.05) is 37.3 Å². The van der Waals surface area contributed by atoms with Gasteiger partial charge in [0.1, 0.15) is 5.82 Å². The number of nitrogens with one attached hydrogen (secondary N) is 1. The highest BCUT2D eigenvalue weighted by Crippen LogP contribution is 2.21. The van der Waals surface area contributed by atoms with Crippen LogP contribution in [0.25, 0.3) is 5.69 Å². The van der Waals surface area contributed by atoms with Crippen molar-refractivity contribution in [3.05, 3.63) is 71.1 Å². The van der Waals surface area contributed by atoms with Gasteiger partial charge in [-0.3, -0.25) is 9.59 Å². The van der Waals surface area contributed by atoms with E-state index in [0.29, 0.717) is 42.5 Å². The Morgan fingerprint density at radius 3 is 2.50 bits per heavy atom. The molecule has 1 aromatic carbocycles. The Morgan fingerprint density at radius 1 is 1.10 bits per heavy atom. The van der Waals surface area contributed by atoms with Gasteiger partial charge in [-0.25, -0.2) is 9.67 Å². The Morgan fingerprint density at radius 2 is 1.83 bits per heavy atom. The number of amides is 2. The number of likely N-dealkylation sites (tertiary alicyclic amines) is 1. The lowest BCUT2D eigenvalue weighted by Crippen LogP contribution is -2.41. The number of piperidine rings is 1. The lowest BCUT2D eigenvalue weighted by Gasteiger charge is -2.30. The third kappa shape index (κ3) is 4.36. The van der Waals surface area contributed by atoms with E-state index in [2.05, 4.69) is 15.4 Å². The Balaban J connectivity index is 1.36. The van der Waals surface area contributed by atoms with Gasteiger partial charge in [0.15, 0.2) is 5.69 Å². The monoisotopic (exact) mass is 423 g/mol. The third-order valence-electron chi connectivity index (χ3n) is 5.24. The maximum atomic E-state index is 12.9. The van der Waals surface area contributed by atoms with E-state index in [-0.39, 0.29) is 17.7 Å². The highest BCUT2D eigenvalue weighted by molar-refractivity contribution is 6.30. The fourth-order valence-electron chi connectivity index (χ4n) is 3.59. The van der Waals surface area contributed by atoms with Crippen molar-refractivity contribution in [1.29, 1.82) is 0 Å². The summed E-state index contributed by atoms with van der Waals surface area (Å²) >= 11 is 5.82. The Kier molecular flexibility index (Phi) is 5.81. The van der Waals surface area contributed by atoms with Crippen LogP contribution in [0.15, 0.2) is 54.7 Å². The van der Waals surface area contributed by atoms with Crippen LogP contribution in [-0.4, -0.2) is 44.6 Å². The standard InChI is InChI=1S/C22H22ClN5O2/c1-15-13-19(26-28(15)18-5-3-2-4-6-18)22(30)27-11-9-16(10-12-27)21(29)25-20-8-7-17(23)14-24-20/h2-8,13-14,16H,9-12H2,1H3,(H,24,25,29). The molecule has 0 aliphatic carbocycles. The second-order valence-electron chi connectivity index (χ2n) is 7.34. The maximum Gasteiger partial charge on any atom is 0.274 e. The lowest BCUT2D eigenvalue weighted by atomic mass is 9.95. The van der Waals surface area contributed by atoms with Gasteiger partial charge in [-0.05, 0) is 50.1 Å². The van der Waals surface area contributed by atoms with Gasteiger partial charge in [0.25, 0.3) is 5.91 Å². The zero-order chi connectivity index (χ0) is 21.1. The summed E-state index contributed by atoms with van der Waals surface area (Å²) in [6.07, 6.45) is 2.70. The molecular formula is C22H22ClN5O2. The van der Waals surface area contributed by atoms with E-state index in [1.54, 1.807) is 27.8 Å². The second-order valence-corrected chi connectivity index (χ2v) is 7.77. The molecule has 4 rings (SSSR count). The molecule has 154 valence electrons. The number of carbonyl (C=O) groups is 2. The van der Waals surface area contributed by atoms with Gasteiger partial charge in [-0.2, -0.15) is 5.10 Å². The first-order valence-electron chi connectivity index (χ1n) is 9.85. The van der Waals surface area contributed by atoms with Crippen LogP contribution in [0.4, 0.5) is 5.82 Å². The Labute approximate surface area is 179 Å². The number of rotatable bonds is 4. The molecule has 1 aliphatic heterocycles. The van der Waals surface area contributed by atoms with Crippen molar-refractivity contribution in [2.75, 3.05) is 18.4 Å². The van der Waals surface area contributed by atoms with Crippen LogP contribution in [0.2, 0.25) is 5.02 Å². The minimum atomic E-state index is -0.157. The molecule has 0 radical (unpaired) electrons. The smallest absolute Gasteiger partial charge is 0.274 e. The fraction of sp³-hybridized carbons (Fsp3) is 0.273. The topological polar surface area (TPSA) is 80.1 Å². The van der Waals surface area contributed by atoms with Crippen molar-refractivity contribution in [3.63, 3.8) is 0 Å². The summed E-state index contributed by atoms with van der Waals surface area (Å²) in [6, 6.07) is 14.9. The number of anilines is 1. The molecule has 0 unspecified atom stereocenters. The normalized spacial score (nSPS) is 14.5. The first kappa shape index (κ1) is 20.1. The van der Waals surface area contributed by atoms with Crippen LogP contribution in [0.5, 0.6) is 0 Å². The molecule has 1 fully saturated rings. The first-order valence-corrected chi connectivity index (χ1v) is 10.2. The van der Waals surface area contributed by atoms with Gasteiger partial charge in [-0.1, -0.05) is 29.8 Å². The van der Waals surface area contributed by atoms with Crippen LogP contribution >= 0.6 is 11.6 Å².